The first-order valence-corrected chi connectivity index (χ1v) is 8.20. The number of ether oxygens (including phenoxy) is 2. The van der Waals surface area contributed by atoms with Crippen molar-refractivity contribution in [1.82, 2.24) is 9.97 Å². The summed E-state index contributed by atoms with van der Waals surface area (Å²) in [5, 5.41) is 13.1. The fourth-order valence-corrected chi connectivity index (χ4v) is 2.61. The lowest BCUT2D eigenvalue weighted by molar-refractivity contribution is 0.373. The van der Waals surface area contributed by atoms with Gasteiger partial charge in [-0.1, -0.05) is 12.1 Å². The van der Waals surface area contributed by atoms with Crippen LogP contribution in [0.4, 0.5) is 5.82 Å². The second kappa shape index (κ2) is 7.74. The lowest BCUT2D eigenvalue weighted by Gasteiger charge is -2.16. The van der Waals surface area contributed by atoms with Gasteiger partial charge in [0.1, 0.15) is 11.6 Å². The monoisotopic (exact) mass is 351 g/mol. The van der Waals surface area contributed by atoms with Gasteiger partial charge in [-0.2, -0.15) is 0 Å². The van der Waals surface area contributed by atoms with Crippen LogP contribution in [0.3, 0.4) is 0 Å². The predicted octanol–water partition coefficient (Wildman–Crippen LogP) is 4.04. The van der Waals surface area contributed by atoms with E-state index in [1.165, 1.54) is 7.11 Å². The number of nitrogens with one attached hydrogen (secondary N) is 1. The smallest absolute Gasteiger partial charge is 0.161 e. The fraction of sp³-hybridized carbons (Fsp3) is 0.200. The van der Waals surface area contributed by atoms with E-state index in [1.54, 1.807) is 37.7 Å². The molecule has 2 N–H and O–H groups in total. The van der Waals surface area contributed by atoms with Gasteiger partial charge in [0.05, 0.1) is 32.3 Å². The third-order valence-corrected chi connectivity index (χ3v) is 4.09. The van der Waals surface area contributed by atoms with Crippen LogP contribution < -0.4 is 14.8 Å². The zero-order valence-electron chi connectivity index (χ0n) is 14.9. The number of rotatable bonds is 6. The van der Waals surface area contributed by atoms with Crippen molar-refractivity contribution < 1.29 is 14.6 Å². The Balaban J connectivity index is 1.80. The van der Waals surface area contributed by atoms with Crippen LogP contribution in [0.2, 0.25) is 0 Å². The summed E-state index contributed by atoms with van der Waals surface area (Å²) in [5.74, 6) is 1.97. The van der Waals surface area contributed by atoms with E-state index in [1.807, 2.05) is 24.3 Å². The topological polar surface area (TPSA) is 76.5 Å². The van der Waals surface area contributed by atoms with Crippen molar-refractivity contribution in [3.8, 4) is 28.5 Å². The largest absolute Gasteiger partial charge is 0.504 e. The Labute approximate surface area is 152 Å². The van der Waals surface area contributed by atoms with Crippen molar-refractivity contribution in [1.29, 1.82) is 0 Å². The van der Waals surface area contributed by atoms with E-state index in [-0.39, 0.29) is 11.8 Å². The SMILES string of the molecule is COc1ccc([C@@H](C)Nc2cncc(-c3ccc(O)c(OC)c3)n2)cc1. The van der Waals surface area contributed by atoms with Crippen molar-refractivity contribution in [2.75, 3.05) is 19.5 Å². The van der Waals surface area contributed by atoms with Gasteiger partial charge >= 0.3 is 0 Å². The van der Waals surface area contributed by atoms with Gasteiger partial charge in [-0.25, -0.2) is 4.98 Å². The first kappa shape index (κ1) is 17.5. The lowest BCUT2D eigenvalue weighted by Crippen LogP contribution is -2.08. The molecule has 6 nitrogen and oxygen atoms in total. The molecule has 0 radical (unpaired) electrons. The Kier molecular flexibility index (Phi) is 5.22. The molecule has 1 aromatic heterocycles. The maximum Gasteiger partial charge on any atom is 0.161 e. The van der Waals surface area contributed by atoms with Gasteiger partial charge in [0.15, 0.2) is 11.5 Å². The van der Waals surface area contributed by atoms with Crippen molar-refractivity contribution in [3.05, 3.63) is 60.4 Å². The Morgan fingerprint density at radius 3 is 2.46 bits per heavy atom. The quantitative estimate of drug-likeness (QED) is 0.698. The third-order valence-electron chi connectivity index (χ3n) is 4.09. The van der Waals surface area contributed by atoms with Crippen LogP contribution in [0.1, 0.15) is 18.5 Å². The Bertz CT molecular complexity index is 882. The highest BCUT2D eigenvalue weighted by atomic mass is 16.5. The fourth-order valence-electron chi connectivity index (χ4n) is 2.61. The average Bonchev–Trinajstić information content (AvgIpc) is 2.68. The molecule has 0 spiro atoms. The summed E-state index contributed by atoms with van der Waals surface area (Å²) in [6.45, 7) is 2.06. The van der Waals surface area contributed by atoms with E-state index in [0.29, 0.717) is 17.3 Å². The lowest BCUT2D eigenvalue weighted by atomic mass is 10.1. The van der Waals surface area contributed by atoms with Gasteiger partial charge < -0.3 is 19.9 Å². The molecule has 134 valence electrons. The number of nitrogens with zero attached hydrogens (tertiary/aromatic N) is 2. The van der Waals surface area contributed by atoms with Gasteiger partial charge in [-0.05, 0) is 42.8 Å². The van der Waals surface area contributed by atoms with Crippen molar-refractivity contribution in [2.45, 2.75) is 13.0 Å². The molecule has 0 aliphatic carbocycles. The Hall–Kier alpha value is -3.28. The highest BCUT2D eigenvalue weighted by Gasteiger charge is 2.10. The van der Waals surface area contributed by atoms with Crippen LogP contribution in [0.15, 0.2) is 54.9 Å². The number of phenolic OH excluding ortho intramolecular Hbond substituents is 1. The zero-order valence-corrected chi connectivity index (χ0v) is 14.9. The molecule has 2 aromatic carbocycles. The summed E-state index contributed by atoms with van der Waals surface area (Å²) >= 11 is 0. The number of hydrogen-bond donors (Lipinski definition) is 2. The zero-order chi connectivity index (χ0) is 18.5. The van der Waals surface area contributed by atoms with Crippen LogP contribution in [0, 0.1) is 0 Å². The minimum atomic E-state index is 0.0554. The number of hydrogen-bond acceptors (Lipinski definition) is 6. The molecule has 0 aliphatic rings. The number of benzene rings is 2. The van der Waals surface area contributed by atoms with E-state index in [4.69, 9.17) is 9.47 Å². The van der Waals surface area contributed by atoms with Gasteiger partial charge in [0.25, 0.3) is 0 Å². The minimum absolute atomic E-state index is 0.0554. The van der Waals surface area contributed by atoms with Crippen LogP contribution in [-0.2, 0) is 0 Å². The summed E-state index contributed by atoms with van der Waals surface area (Å²) in [4.78, 5) is 8.88. The molecule has 0 fully saturated rings. The first-order chi connectivity index (χ1) is 12.6. The normalized spacial score (nSPS) is 11.7. The van der Waals surface area contributed by atoms with Crippen LogP contribution >= 0.6 is 0 Å². The predicted molar refractivity (Wildman–Crippen MR) is 101 cm³/mol. The van der Waals surface area contributed by atoms with E-state index in [0.717, 1.165) is 16.9 Å². The number of aromatic hydroxyl groups is 1. The van der Waals surface area contributed by atoms with Gasteiger partial charge in [-0.15, -0.1) is 0 Å². The first-order valence-electron chi connectivity index (χ1n) is 8.20. The molecule has 3 aromatic rings. The Morgan fingerprint density at radius 2 is 1.77 bits per heavy atom. The summed E-state index contributed by atoms with van der Waals surface area (Å²) in [6.07, 6.45) is 3.36. The molecule has 1 atom stereocenters. The highest BCUT2D eigenvalue weighted by Crippen LogP contribution is 2.31. The second-order valence-corrected chi connectivity index (χ2v) is 5.82. The van der Waals surface area contributed by atoms with E-state index in [2.05, 4.69) is 22.2 Å². The summed E-state index contributed by atoms with van der Waals surface area (Å²) in [6, 6.07) is 13.0. The molecule has 0 saturated carbocycles. The minimum Gasteiger partial charge on any atom is -0.504 e. The maximum absolute atomic E-state index is 9.74. The van der Waals surface area contributed by atoms with Gasteiger partial charge in [-0.3, -0.25) is 4.98 Å². The molecule has 0 saturated heterocycles. The molecule has 0 unspecified atom stereocenters. The van der Waals surface area contributed by atoms with Crippen molar-refractivity contribution >= 4 is 5.82 Å². The summed E-state index contributed by atoms with van der Waals surface area (Å²) < 4.78 is 10.3. The molecular weight excluding hydrogens is 330 g/mol. The number of phenols is 1. The van der Waals surface area contributed by atoms with Gasteiger partial charge in [0.2, 0.25) is 0 Å². The summed E-state index contributed by atoms with van der Waals surface area (Å²) in [7, 11) is 3.16. The number of aromatic nitrogens is 2. The molecule has 0 amide bonds. The maximum atomic E-state index is 9.74. The molecule has 3 rings (SSSR count). The molecule has 26 heavy (non-hydrogen) atoms. The molecule has 0 aliphatic heterocycles. The van der Waals surface area contributed by atoms with E-state index < -0.39 is 0 Å². The van der Waals surface area contributed by atoms with Crippen molar-refractivity contribution in [2.24, 2.45) is 0 Å². The number of anilines is 1. The second-order valence-electron chi connectivity index (χ2n) is 5.82. The van der Waals surface area contributed by atoms with Crippen LogP contribution in [0.5, 0.6) is 17.2 Å². The highest BCUT2D eigenvalue weighted by molar-refractivity contribution is 5.64. The van der Waals surface area contributed by atoms with Crippen LogP contribution in [-0.4, -0.2) is 29.3 Å². The molecule has 6 heteroatoms. The standard InChI is InChI=1S/C20H21N3O3/c1-13(14-4-7-16(25-2)8-5-14)22-20-12-21-11-17(23-20)15-6-9-18(24)19(10-15)26-3/h4-13,24H,1-3H3,(H,22,23)/t13-/m1/s1. The van der Waals surface area contributed by atoms with Crippen LogP contribution in [0.25, 0.3) is 11.3 Å². The summed E-state index contributed by atoms with van der Waals surface area (Å²) in [5.41, 5.74) is 2.62. The molecule has 1 heterocycles. The molecule has 0 bridgehead atoms. The van der Waals surface area contributed by atoms with E-state index >= 15 is 0 Å². The molecular formula is C20H21N3O3. The van der Waals surface area contributed by atoms with E-state index in [9.17, 15) is 5.11 Å². The van der Waals surface area contributed by atoms with Crippen molar-refractivity contribution in [3.63, 3.8) is 0 Å². The van der Waals surface area contributed by atoms with Gasteiger partial charge in [0, 0.05) is 11.6 Å². The third kappa shape index (κ3) is 3.85. The Morgan fingerprint density at radius 1 is 1.00 bits per heavy atom. The number of methoxy groups -OCH3 is 2. The average molecular weight is 351 g/mol.